The average Bonchev–Trinajstić information content (AvgIpc) is 2.50. The fourth-order valence-corrected chi connectivity index (χ4v) is 2.58. The SMILES string of the molecule is COC(=O)C1=C(OS(=O)(=O)OC(F)(F)F)C(C)(C)CC1. The van der Waals surface area contributed by atoms with Crippen LogP contribution in [0.3, 0.4) is 0 Å². The molecule has 116 valence electrons. The second-order valence-electron chi connectivity index (χ2n) is 4.70. The minimum absolute atomic E-state index is 0.119. The van der Waals surface area contributed by atoms with E-state index in [-0.39, 0.29) is 12.0 Å². The number of allylic oxidation sites excluding steroid dienone is 1. The number of methoxy groups -OCH3 is 1. The van der Waals surface area contributed by atoms with E-state index >= 15 is 0 Å². The molecule has 0 aromatic carbocycles. The molecule has 0 aromatic heterocycles. The molecular weight excluding hydrogens is 305 g/mol. The van der Waals surface area contributed by atoms with Crippen LogP contribution in [0.25, 0.3) is 0 Å². The predicted octanol–water partition coefficient (Wildman–Crippen LogP) is 2.03. The van der Waals surface area contributed by atoms with Gasteiger partial charge in [-0.15, -0.1) is 17.4 Å². The van der Waals surface area contributed by atoms with Crippen LogP contribution in [0.1, 0.15) is 26.7 Å². The molecule has 0 amide bonds. The van der Waals surface area contributed by atoms with Crippen molar-refractivity contribution in [1.29, 1.82) is 0 Å². The quantitative estimate of drug-likeness (QED) is 0.738. The van der Waals surface area contributed by atoms with Crippen molar-refractivity contribution in [3.63, 3.8) is 0 Å². The van der Waals surface area contributed by atoms with Crippen LogP contribution in [0, 0.1) is 5.41 Å². The summed E-state index contributed by atoms with van der Waals surface area (Å²) in [5.74, 6) is -1.25. The van der Waals surface area contributed by atoms with E-state index in [0.717, 1.165) is 7.11 Å². The first-order valence-corrected chi connectivity index (χ1v) is 6.75. The van der Waals surface area contributed by atoms with Crippen LogP contribution in [0.5, 0.6) is 0 Å². The summed E-state index contributed by atoms with van der Waals surface area (Å²) < 4.78 is 69.9. The summed E-state index contributed by atoms with van der Waals surface area (Å²) in [5.41, 5.74) is -1.04. The van der Waals surface area contributed by atoms with Gasteiger partial charge in [-0.25, -0.2) is 4.79 Å². The Hall–Kier alpha value is -1.29. The molecule has 0 unspecified atom stereocenters. The highest BCUT2D eigenvalue weighted by Crippen LogP contribution is 2.44. The third kappa shape index (κ3) is 4.10. The number of rotatable bonds is 4. The number of hydrogen-bond donors (Lipinski definition) is 0. The topological polar surface area (TPSA) is 78.9 Å². The van der Waals surface area contributed by atoms with Gasteiger partial charge in [0.05, 0.1) is 12.7 Å². The fourth-order valence-electron chi connectivity index (χ4n) is 1.79. The van der Waals surface area contributed by atoms with E-state index < -0.39 is 33.9 Å². The van der Waals surface area contributed by atoms with Crippen LogP contribution in [-0.2, 0) is 28.3 Å². The molecule has 0 saturated carbocycles. The molecular formula is C10H13F3O6S. The maximum Gasteiger partial charge on any atom is 0.539 e. The van der Waals surface area contributed by atoms with Crippen molar-refractivity contribution in [3.8, 4) is 0 Å². The Bertz CT molecular complexity index is 532. The molecule has 0 N–H and O–H groups in total. The number of hydrogen-bond acceptors (Lipinski definition) is 6. The third-order valence-corrected chi connectivity index (χ3v) is 3.47. The summed E-state index contributed by atoms with van der Waals surface area (Å²) in [6, 6.07) is 0. The van der Waals surface area contributed by atoms with Crippen molar-refractivity contribution in [2.45, 2.75) is 33.1 Å². The van der Waals surface area contributed by atoms with Crippen molar-refractivity contribution < 1.29 is 39.5 Å². The normalized spacial score (nSPS) is 19.1. The minimum atomic E-state index is -5.41. The zero-order valence-corrected chi connectivity index (χ0v) is 11.7. The van der Waals surface area contributed by atoms with Crippen molar-refractivity contribution >= 4 is 16.4 Å². The van der Waals surface area contributed by atoms with Crippen LogP contribution in [0.4, 0.5) is 13.2 Å². The van der Waals surface area contributed by atoms with Gasteiger partial charge in [0, 0.05) is 5.41 Å². The lowest BCUT2D eigenvalue weighted by Gasteiger charge is -2.21. The smallest absolute Gasteiger partial charge is 0.466 e. The van der Waals surface area contributed by atoms with Crippen LogP contribution >= 0.6 is 0 Å². The standard InChI is InChI=1S/C10H13F3O6S/c1-9(2)5-4-6(8(14)17-3)7(9)18-20(15,16)19-10(11,12)13/h4-5H2,1-3H3. The van der Waals surface area contributed by atoms with Crippen LogP contribution < -0.4 is 0 Å². The monoisotopic (exact) mass is 318 g/mol. The van der Waals surface area contributed by atoms with E-state index in [1.807, 2.05) is 0 Å². The van der Waals surface area contributed by atoms with Crippen LogP contribution in [0.15, 0.2) is 11.3 Å². The van der Waals surface area contributed by atoms with Gasteiger partial charge in [0.2, 0.25) is 0 Å². The van der Waals surface area contributed by atoms with E-state index in [4.69, 9.17) is 0 Å². The summed E-state index contributed by atoms with van der Waals surface area (Å²) in [6.07, 6.45) is -4.95. The predicted molar refractivity (Wildman–Crippen MR) is 59.2 cm³/mol. The highest BCUT2D eigenvalue weighted by Gasteiger charge is 2.44. The van der Waals surface area contributed by atoms with E-state index in [2.05, 4.69) is 13.1 Å². The molecule has 0 bridgehead atoms. The second-order valence-corrected chi connectivity index (χ2v) is 5.85. The first-order valence-electron chi connectivity index (χ1n) is 5.42. The van der Waals surface area contributed by atoms with Gasteiger partial charge in [-0.2, -0.15) is 8.42 Å². The molecule has 10 heteroatoms. The number of carbonyl (C=O) groups is 1. The lowest BCUT2D eigenvalue weighted by molar-refractivity contribution is -0.275. The van der Waals surface area contributed by atoms with E-state index in [0.29, 0.717) is 6.42 Å². The molecule has 0 saturated heterocycles. The van der Waals surface area contributed by atoms with Gasteiger partial charge in [0.1, 0.15) is 5.76 Å². The highest BCUT2D eigenvalue weighted by atomic mass is 32.3. The van der Waals surface area contributed by atoms with Gasteiger partial charge in [-0.1, -0.05) is 13.8 Å². The third-order valence-electron chi connectivity index (χ3n) is 2.70. The summed E-state index contributed by atoms with van der Waals surface area (Å²) in [7, 11) is -4.29. The number of carbonyl (C=O) groups excluding carboxylic acids is 1. The molecule has 0 atom stereocenters. The van der Waals surface area contributed by atoms with Crippen LogP contribution in [-0.4, -0.2) is 27.9 Å². The number of esters is 1. The Morgan fingerprint density at radius 1 is 1.30 bits per heavy atom. The zero-order valence-electron chi connectivity index (χ0n) is 10.9. The highest BCUT2D eigenvalue weighted by molar-refractivity contribution is 7.82. The van der Waals surface area contributed by atoms with E-state index in [1.54, 1.807) is 0 Å². The number of alkyl halides is 3. The van der Waals surface area contributed by atoms with Crippen molar-refractivity contribution in [2.75, 3.05) is 7.11 Å². The fraction of sp³-hybridized carbons (Fsp3) is 0.700. The summed E-state index contributed by atoms with van der Waals surface area (Å²) in [4.78, 5) is 11.5. The Kier molecular flexibility index (Phi) is 4.39. The molecule has 1 aliphatic carbocycles. The van der Waals surface area contributed by atoms with Crippen molar-refractivity contribution in [3.05, 3.63) is 11.3 Å². The molecule has 0 aliphatic heterocycles. The number of ether oxygens (including phenoxy) is 1. The Balaban J connectivity index is 3.11. The Morgan fingerprint density at radius 3 is 2.30 bits per heavy atom. The van der Waals surface area contributed by atoms with Gasteiger partial charge >= 0.3 is 22.7 Å². The molecule has 20 heavy (non-hydrogen) atoms. The maximum atomic E-state index is 12.0. The second kappa shape index (κ2) is 5.24. The molecule has 6 nitrogen and oxygen atoms in total. The van der Waals surface area contributed by atoms with E-state index in [1.165, 1.54) is 13.8 Å². The average molecular weight is 318 g/mol. The lowest BCUT2D eigenvalue weighted by atomic mass is 9.92. The summed E-state index contributed by atoms with van der Waals surface area (Å²) >= 11 is 0. The first-order chi connectivity index (χ1) is 8.88. The molecule has 1 rings (SSSR count). The lowest BCUT2D eigenvalue weighted by Crippen LogP contribution is -2.25. The summed E-state index contributed by atoms with van der Waals surface area (Å²) in [5, 5.41) is 0. The van der Waals surface area contributed by atoms with Gasteiger partial charge in [-0.05, 0) is 12.8 Å². The van der Waals surface area contributed by atoms with Gasteiger partial charge in [0.15, 0.2) is 0 Å². The zero-order chi connectivity index (χ0) is 15.8. The Morgan fingerprint density at radius 2 is 1.85 bits per heavy atom. The molecule has 0 heterocycles. The summed E-state index contributed by atoms with van der Waals surface area (Å²) in [6.45, 7) is 3.06. The number of halogens is 3. The van der Waals surface area contributed by atoms with E-state index in [9.17, 15) is 26.4 Å². The molecule has 0 spiro atoms. The maximum absolute atomic E-state index is 12.0. The van der Waals surface area contributed by atoms with Crippen LogP contribution in [0.2, 0.25) is 0 Å². The van der Waals surface area contributed by atoms with Gasteiger partial charge in [0.25, 0.3) is 0 Å². The molecule has 1 aliphatic rings. The van der Waals surface area contributed by atoms with Crippen molar-refractivity contribution in [2.24, 2.45) is 5.41 Å². The minimum Gasteiger partial charge on any atom is -0.466 e. The largest absolute Gasteiger partial charge is 0.539 e. The van der Waals surface area contributed by atoms with Gasteiger partial charge < -0.3 is 8.92 Å². The van der Waals surface area contributed by atoms with Gasteiger partial charge in [-0.3, -0.25) is 0 Å². The first kappa shape index (κ1) is 16.8. The Labute approximate surface area is 113 Å². The molecule has 0 radical (unpaired) electrons. The molecule has 0 fully saturated rings. The van der Waals surface area contributed by atoms with Crippen molar-refractivity contribution in [1.82, 2.24) is 0 Å². The molecule has 0 aromatic rings.